The molecule has 0 N–H and O–H groups in total. The molecular formula is C22H16O. The lowest BCUT2D eigenvalue weighted by Gasteiger charge is -2.49. The van der Waals surface area contributed by atoms with Gasteiger partial charge in [-0.05, 0) is 40.3 Å². The number of ketones is 1. The number of hydrogen-bond acceptors (Lipinski definition) is 1. The van der Waals surface area contributed by atoms with Crippen molar-refractivity contribution < 1.29 is 4.79 Å². The van der Waals surface area contributed by atoms with Crippen LogP contribution in [0.1, 0.15) is 46.2 Å². The summed E-state index contributed by atoms with van der Waals surface area (Å²) in [6.45, 7) is 1.73. The lowest BCUT2D eigenvalue weighted by molar-refractivity contribution is -0.120. The first kappa shape index (κ1) is 12.8. The third-order valence-corrected chi connectivity index (χ3v) is 5.56. The molecule has 1 nitrogen and oxygen atoms in total. The van der Waals surface area contributed by atoms with Gasteiger partial charge in [-0.1, -0.05) is 72.8 Å². The molecule has 0 atom stereocenters. The second-order valence-corrected chi connectivity index (χ2v) is 6.50. The standard InChI is InChI=1S/C22H16O/c1-14(23)22-18-11-5-2-8-15(18)21(16-9-3-6-12-19(16)22)17-10-4-7-13-20(17)22/h2-13,21H,1H3. The van der Waals surface area contributed by atoms with Gasteiger partial charge in [-0.2, -0.15) is 0 Å². The molecular weight excluding hydrogens is 280 g/mol. The molecule has 0 unspecified atom stereocenters. The zero-order valence-electron chi connectivity index (χ0n) is 12.9. The zero-order chi connectivity index (χ0) is 15.6. The van der Waals surface area contributed by atoms with Gasteiger partial charge in [0.2, 0.25) is 0 Å². The maximum absolute atomic E-state index is 13.1. The smallest absolute Gasteiger partial charge is 0.149 e. The Hall–Kier alpha value is -2.67. The van der Waals surface area contributed by atoms with E-state index in [4.69, 9.17) is 0 Å². The van der Waals surface area contributed by atoms with Crippen LogP contribution < -0.4 is 0 Å². The number of hydrogen-bond donors (Lipinski definition) is 0. The van der Waals surface area contributed by atoms with E-state index in [1.54, 1.807) is 6.92 Å². The van der Waals surface area contributed by atoms with Gasteiger partial charge in [0, 0.05) is 5.92 Å². The molecule has 0 fully saturated rings. The topological polar surface area (TPSA) is 17.1 Å². The Labute approximate surface area is 135 Å². The average Bonchev–Trinajstić information content (AvgIpc) is 2.61. The molecule has 3 aromatic carbocycles. The lowest BCUT2D eigenvalue weighted by atomic mass is 9.52. The fraction of sp³-hybridized carbons (Fsp3) is 0.136. The fourth-order valence-corrected chi connectivity index (χ4v) is 4.78. The molecule has 0 saturated heterocycles. The highest BCUT2D eigenvalue weighted by molar-refractivity contribution is 6.00. The molecule has 3 aliphatic carbocycles. The Bertz CT molecular complexity index is 851. The molecule has 2 bridgehead atoms. The van der Waals surface area contributed by atoms with Gasteiger partial charge < -0.3 is 0 Å². The predicted octanol–water partition coefficient (Wildman–Crippen LogP) is 4.42. The van der Waals surface area contributed by atoms with Crippen molar-refractivity contribution in [3.05, 3.63) is 106 Å². The van der Waals surface area contributed by atoms with Crippen LogP contribution in [0.2, 0.25) is 0 Å². The van der Waals surface area contributed by atoms with Crippen molar-refractivity contribution in [2.24, 2.45) is 0 Å². The number of rotatable bonds is 1. The monoisotopic (exact) mass is 296 g/mol. The molecule has 0 aromatic heterocycles. The maximum Gasteiger partial charge on any atom is 0.149 e. The van der Waals surface area contributed by atoms with Crippen LogP contribution in [0.25, 0.3) is 0 Å². The zero-order valence-corrected chi connectivity index (χ0v) is 12.9. The summed E-state index contributed by atoms with van der Waals surface area (Å²) >= 11 is 0. The van der Waals surface area contributed by atoms with Crippen LogP contribution in [0.15, 0.2) is 72.8 Å². The minimum absolute atomic E-state index is 0.197. The minimum atomic E-state index is -0.654. The quantitative estimate of drug-likeness (QED) is 0.650. The summed E-state index contributed by atoms with van der Waals surface area (Å²) in [4.78, 5) is 13.1. The van der Waals surface area contributed by atoms with E-state index in [0.717, 1.165) is 16.7 Å². The maximum atomic E-state index is 13.1. The van der Waals surface area contributed by atoms with E-state index in [9.17, 15) is 4.79 Å². The van der Waals surface area contributed by atoms with Gasteiger partial charge in [-0.25, -0.2) is 0 Å². The molecule has 0 aliphatic heterocycles. The van der Waals surface area contributed by atoms with E-state index in [1.807, 2.05) is 0 Å². The minimum Gasteiger partial charge on any atom is -0.298 e. The van der Waals surface area contributed by atoms with Crippen LogP contribution in [-0.2, 0) is 10.2 Å². The Kier molecular flexibility index (Phi) is 2.34. The normalized spacial score (nSPS) is 22.9. The summed E-state index contributed by atoms with van der Waals surface area (Å²) in [7, 11) is 0. The van der Waals surface area contributed by atoms with Crippen molar-refractivity contribution in [1.29, 1.82) is 0 Å². The van der Waals surface area contributed by atoms with Crippen LogP contribution in [0.3, 0.4) is 0 Å². The van der Waals surface area contributed by atoms with Crippen molar-refractivity contribution in [2.75, 3.05) is 0 Å². The number of Topliss-reactive ketones (excluding diaryl/α,β-unsaturated/α-hetero) is 1. The fourth-order valence-electron chi connectivity index (χ4n) is 4.78. The second-order valence-electron chi connectivity index (χ2n) is 6.50. The third-order valence-electron chi connectivity index (χ3n) is 5.56. The van der Waals surface area contributed by atoms with E-state index in [-0.39, 0.29) is 11.7 Å². The molecule has 3 aromatic rings. The predicted molar refractivity (Wildman–Crippen MR) is 90.8 cm³/mol. The molecule has 0 saturated carbocycles. The molecule has 3 aliphatic rings. The lowest BCUT2D eigenvalue weighted by Crippen LogP contribution is -2.46. The van der Waals surface area contributed by atoms with Crippen LogP contribution in [-0.4, -0.2) is 5.78 Å². The molecule has 6 rings (SSSR count). The van der Waals surface area contributed by atoms with Gasteiger partial charge in [0.05, 0.1) is 0 Å². The van der Waals surface area contributed by atoms with Crippen LogP contribution in [0.5, 0.6) is 0 Å². The van der Waals surface area contributed by atoms with Gasteiger partial charge in [0.1, 0.15) is 11.2 Å². The summed E-state index contributed by atoms with van der Waals surface area (Å²) in [5.74, 6) is 0.433. The summed E-state index contributed by atoms with van der Waals surface area (Å²) < 4.78 is 0. The molecule has 23 heavy (non-hydrogen) atoms. The van der Waals surface area contributed by atoms with Crippen molar-refractivity contribution in [2.45, 2.75) is 18.3 Å². The van der Waals surface area contributed by atoms with E-state index in [0.29, 0.717) is 0 Å². The molecule has 0 amide bonds. The molecule has 0 radical (unpaired) electrons. The van der Waals surface area contributed by atoms with Crippen molar-refractivity contribution in [1.82, 2.24) is 0 Å². The van der Waals surface area contributed by atoms with E-state index in [2.05, 4.69) is 72.8 Å². The highest BCUT2D eigenvalue weighted by Crippen LogP contribution is 2.59. The van der Waals surface area contributed by atoms with Crippen LogP contribution in [0, 0.1) is 0 Å². The summed E-state index contributed by atoms with van der Waals surface area (Å²) in [5.41, 5.74) is 6.67. The summed E-state index contributed by atoms with van der Waals surface area (Å²) in [5, 5.41) is 0. The molecule has 110 valence electrons. The van der Waals surface area contributed by atoms with Crippen LogP contribution >= 0.6 is 0 Å². The van der Waals surface area contributed by atoms with Gasteiger partial charge >= 0.3 is 0 Å². The largest absolute Gasteiger partial charge is 0.298 e. The summed E-state index contributed by atoms with van der Waals surface area (Å²) in [6.07, 6.45) is 0. The Morgan fingerprint density at radius 3 is 1.39 bits per heavy atom. The first-order valence-corrected chi connectivity index (χ1v) is 8.05. The molecule has 1 heteroatoms. The second kappa shape index (κ2) is 4.20. The van der Waals surface area contributed by atoms with Crippen molar-refractivity contribution >= 4 is 5.78 Å². The Morgan fingerprint density at radius 1 is 0.696 bits per heavy atom. The SMILES string of the molecule is CC(=O)C12c3ccccc3C(c3ccccc31)c1ccccc12. The van der Waals surface area contributed by atoms with Gasteiger partial charge in [-0.15, -0.1) is 0 Å². The Morgan fingerprint density at radius 2 is 1.04 bits per heavy atom. The van der Waals surface area contributed by atoms with E-state index < -0.39 is 5.41 Å². The van der Waals surface area contributed by atoms with E-state index >= 15 is 0 Å². The number of carbonyl (C=O) groups excluding carboxylic acids is 1. The van der Waals surface area contributed by atoms with Crippen molar-refractivity contribution in [3.8, 4) is 0 Å². The highest BCUT2D eigenvalue weighted by atomic mass is 16.1. The average molecular weight is 296 g/mol. The van der Waals surface area contributed by atoms with Crippen LogP contribution in [0.4, 0.5) is 0 Å². The molecule has 0 spiro atoms. The Balaban J connectivity index is 2.04. The van der Waals surface area contributed by atoms with Gasteiger partial charge in [-0.3, -0.25) is 4.79 Å². The van der Waals surface area contributed by atoms with Gasteiger partial charge in [0.15, 0.2) is 0 Å². The third kappa shape index (κ3) is 1.32. The first-order chi connectivity index (χ1) is 11.3. The highest BCUT2D eigenvalue weighted by Gasteiger charge is 2.54. The van der Waals surface area contributed by atoms with E-state index in [1.165, 1.54) is 16.7 Å². The van der Waals surface area contributed by atoms with Gasteiger partial charge in [0.25, 0.3) is 0 Å². The molecule has 0 heterocycles. The van der Waals surface area contributed by atoms with Crippen molar-refractivity contribution in [3.63, 3.8) is 0 Å². The summed E-state index contributed by atoms with van der Waals surface area (Å²) in [6, 6.07) is 25.4. The first-order valence-electron chi connectivity index (χ1n) is 8.05. The number of benzene rings is 3. The number of carbonyl (C=O) groups is 1.